The molecular weight excluding hydrogens is 220 g/mol. The zero-order valence-electron chi connectivity index (χ0n) is 10.4. The highest BCUT2D eigenvalue weighted by Gasteiger charge is 2.26. The molecule has 2 saturated carbocycles. The molecule has 1 heterocycles. The summed E-state index contributed by atoms with van der Waals surface area (Å²) in [5.74, 6) is 0.782. The van der Waals surface area contributed by atoms with E-state index in [0.29, 0.717) is 6.04 Å². The molecule has 2 heteroatoms. The molecular formula is C16H16N2. The van der Waals surface area contributed by atoms with E-state index < -0.39 is 0 Å². The van der Waals surface area contributed by atoms with Crippen LogP contribution in [0.1, 0.15) is 55.2 Å². The predicted molar refractivity (Wildman–Crippen MR) is 71.5 cm³/mol. The summed E-state index contributed by atoms with van der Waals surface area (Å²) in [6.45, 7) is 0. The second-order valence-corrected chi connectivity index (χ2v) is 5.70. The van der Waals surface area contributed by atoms with Crippen LogP contribution in [0.4, 0.5) is 0 Å². The van der Waals surface area contributed by atoms with Crippen LogP contribution < -0.4 is 0 Å². The Balaban J connectivity index is 1.92. The van der Waals surface area contributed by atoms with E-state index in [0.717, 1.165) is 16.9 Å². The van der Waals surface area contributed by atoms with Crippen LogP contribution in [0.2, 0.25) is 0 Å². The zero-order valence-corrected chi connectivity index (χ0v) is 10.4. The Hall–Kier alpha value is -1.75. The largest absolute Gasteiger partial charge is 0.343 e. The van der Waals surface area contributed by atoms with Crippen molar-refractivity contribution < 1.29 is 0 Å². The Morgan fingerprint density at radius 2 is 2.00 bits per heavy atom. The van der Waals surface area contributed by atoms with Gasteiger partial charge in [0.15, 0.2) is 0 Å². The van der Waals surface area contributed by atoms with Crippen molar-refractivity contribution in [1.82, 2.24) is 4.57 Å². The van der Waals surface area contributed by atoms with Crippen LogP contribution in [0.15, 0.2) is 24.4 Å². The first-order valence-electron chi connectivity index (χ1n) is 6.91. The fourth-order valence-corrected chi connectivity index (χ4v) is 2.99. The minimum absolute atomic E-state index is 0.629. The monoisotopic (exact) mass is 236 g/mol. The molecule has 4 rings (SSSR count). The molecule has 0 amide bonds. The van der Waals surface area contributed by atoms with Crippen molar-refractivity contribution in [1.29, 1.82) is 5.26 Å². The van der Waals surface area contributed by atoms with Crippen molar-refractivity contribution in [3.05, 3.63) is 35.5 Å². The third-order valence-electron chi connectivity index (χ3n) is 4.50. The van der Waals surface area contributed by atoms with E-state index in [1.165, 1.54) is 43.2 Å². The molecule has 2 aromatic rings. The van der Waals surface area contributed by atoms with Crippen LogP contribution in [-0.4, -0.2) is 4.57 Å². The number of hydrogen-bond donors (Lipinski definition) is 0. The number of nitrogens with zero attached hydrogens (tertiary/aromatic N) is 2. The molecule has 2 aliphatic carbocycles. The molecule has 2 aliphatic rings. The fraction of sp³-hybridized carbons (Fsp3) is 0.438. The van der Waals surface area contributed by atoms with Crippen molar-refractivity contribution >= 4 is 10.9 Å². The quantitative estimate of drug-likeness (QED) is 0.771. The van der Waals surface area contributed by atoms with Crippen molar-refractivity contribution in [2.45, 2.75) is 44.1 Å². The average Bonchev–Trinajstić information content (AvgIpc) is 3.11. The van der Waals surface area contributed by atoms with Crippen molar-refractivity contribution in [2.75, 3.05) is 0 Å². The normalized spacial score (nSPS) is 19.7. The molecule has 90 valence electrons. The number of aromatic nitrogens is 1. The maximum absolute atomic E-state index is 9.25. The predicted octanol–water partition coefficient (Wildman–Crippen LogP) is 4.12. The van der Waals surface area contributed by atoms with Crippen LogP contribution >= 0.6 is 0 Å². The third kappa shape index (κ3) is 1.40. The smallest absolute Gasteiger partial charge is 0.101 e. The molecule has 0 unspecified atom stereocenters. The van der Waals surface area contributed by atoms with E-state index in [1.807, 2.05) is 0 Å². The molecule has 0 N–H and O–H groups in total. The molecule has 0 radical (unpaired) electrons. The molecule has 0 saturated heterocycles. The molecule has 0 atom stereocenters. The van der Waals surface area contributed by atoms with Gasteiger partial charge in [-0.15, -0.1) is 0 Å². The molecule has 0 aliphatic heterocycles. The highest BCUT2D eigenvalue weighted by atomic mass is 15.0. The fourth-order valence-electron chi connectivity index (χ4n) is 2.99. The van der Waals surface area contributed by atoms with Gasteiger partial charge in [0.1, 0.15) is 6.07 Å². The van der Waals surface area contributed by atoms with E-state index >= 15 is 0 Å². The van der Waals surface area contributed by atoms with Gasteiger partial charge in [0.05, 0.1) is 5.56 Å². The Bertz CT molecular complexity index is 652. The SMILES string of the molecule is N#Cc1cn(C2CCC2)c2cc(C3CC3)ccc12. The second-order valence-electron chi connectivity index (χ2n) is 5.70. The molecule has 2 nitrogen and oxygen atoms in total. The lowest BCUT2D eigenvalue weighted by molar-refractivity contribution is 0.321. The topological polar surface area (TPSA) is 28.7 Å². The summed E-state index contributed by atoms with van der Waals surface area (Å²) in [6.07, 6.45) is 8.59. The maximum Gasteiger partial charge on any atom is 0.101 e. The number of rotatable bonds is 2. The Morgan fingerprint density at radius 3 is 2.61 bits per heavy atom. The summed E-state index contributed by atoms with van der Waals surface area (Å²) in [5, 5.41) is 10.4. The summed E-state index contributed by atoms with van der Waals surface area (Å²) >= 11 is 0. The Kier molecular flexibility index (Phi) is 2.05. The van der Waals surface area contributed by atoms with Crippen LogP contribution in [-0.2, 0) is 0 Å². The van der Waals surface area contributed by atoms with Crippen molar-refractivity contribution in [3.8, 4) is 6.07 Å². The standard InChI is InChI=1S/C16H16N2/c17-9-13-10-18(14-2-1-3-14)16-8-12(11-4-5-11)6-7-15(13)16/h6-8,10-11,14H,1-5H2. The summed E-state index contributed by atoms with van der Waals surface area (Å²) in [7, 11) is 0. The molecule has 0 spiro atoms. The lowest BCUT2D eigenvalue weighted by Crippen LogP contribution is -2.15. The van der Waals surface area contributed by atoms with Gasteiger partial charge in [0.25, 0.3) is 0 Å². The minimum atomic E-state index is 0.629. The molecule has 1 aromatic heterocycles. The van der Waals surface area contributed by atoms with Crippen LogP contribution in [0.25, 0.3) is 10.9 Å². The highest BCUT2D eigenvalue weighted by molar-refractivity contribution is 5.87. The first kappa shape index (κ1) is 10.2. The van der Waals surface area contributed by atoms with Gasteiger partial charge < -0.3 is 4.57 Å². The molecule has 18 heavy (non-hydrogen) atoms. The van der Waals surface area contributed by atoms with Crippen LogP contribution in [0.5, 0.6) is 0 Å². The van der Waals surface area contributed by atoms with Gasteiger partial charge in [-0.05, 0) is 49.7 Å². The van der Waals surface area contributed by atoms with E-state index in [1.54, 1.807) is 0 Å². The first-order valence-corrected chi connectivity index (χ1v) is 6.91. The summed E-state index contributed by atoms with van der Waals surface area (Å²) in [4.78, 5) is 0. The number of fused-ring (bicyclic) bond motifs is 1. The Morgan fingerprint density at radius 1 is 1.17 bits per heavy atom. The van der Waals surface area contributed by atoms with E-state index in [2.05, 4.69) is 35.0 Å². The van der Waals surface area contributed by atoms with Gasteiger partial charge in [-0.3, -0.25) is 0 Å². The average molecular weight is 236 g/mol. The van der Waals surface area contributed by atoms with Gasteiger partial charge in [0, 0.05) is 23.1 Å². The Labute approximate surface area is 107 Å². The summed E-state index contributed by atoms with van der Waals surface area (Å²) < 4.78 is 2.35. The van der Waals surface area contributed by atoms with Crippen molar-refractivity contribution in [3.63, 3.8) is 0 Å². The number of benzene rings is 1. The van der Waals surface area contributed by atoms with E-state index in [-0.39, 0.29) is 0 Å². The van der Waals surface area contributed by atoms with Crippen molar-refractivity contribution in [2.24, 2.45) is 0 Å². The van der Waals surface area contributed by atoms with Gasteiger partial charge in [-0.25, -0.2) is 0 Å². The summed E-state index contributed by atoms with van der Waals surface area (Å²) in [6, 6.07) is 9.65. The molecule has 1 aromatic carbocycles. The molecule has 0 bridgehead atoms. The van der Waals surface area contributed by atoms with Gasteiger partial charge in [0.2, 0.25) is 0 Å². The number of nitriles is 1. The van der Waals surface area contributed by atoms with Gasteiger partial charge in [-0.2, -0.15) is 5.26 Å². The van der Waals surface area contributed by atoms with Gasteiger partial charge >= 0.3 is 0 Å². The molecule has 2 fully saturated rings. The first-order chi connectivity index (χ1) is 8.86. The minimum Gasteiger partial charge on any atom is -0.343 e. The van der Waals surface area contributed by atoms with E-state index in [9.17, 15) is 5.26 Å². The maximum atomic E-state index is 9.25. The van der Waals surface area contributed by atoms with Gasteiger partial charge in [-0.1, -0.05) is 12.1 Å². The number of hydrogen-bond acceptors (Lipinski definition) is 1. The lowest BCUT2D eigenvalue weighted by atomic mass is 9.93. The third-order valence-corrected chi connectivity index (χ3v) is 4.50. The zero-order chi connectivity index (χ0) is 12.1. The van der Waals surface area contributed by atoms with Crippen LogP contribution in [0, 0.1) is 11.3 Å². The summed E-state index contributed by atoms with van der Waals surface area (Å²) in [5.41, 5.74) is 3.57. The second kappa shape index (κ2) is 3.62. The lowest BCUT2D eigenvalue weighted by Gasteiger charge is -2.28. The van der Waals surface area contributed by atoms with E-state index in [4.69, 9.17) is 0 Å². The van der Waals surface area contributed by atoms with Crippen LogP contribution in [0.3, 0.4) is 0 Å². The highest BCUT2D eigenvalue weighted by Crippen LogP contribution is 2.42.